The van der Waals surface area contributed by atoms with E-state index >= 15 is 0 Å². The molecule has 0 saturated carbocycles. The Kier molecular flexibility index (Phi) is 7.08. The molecule has 0 fully saturated rings. The topological polar surface area (TPSA) is 117 Å². The highest BCUT2D eigenvalue weighted by molar-refractivity contribution is 5.84. The summed E-state index contributed by atoms with van der Waals surface area (Å²) < 4.78 is 7.34. The van der Waals surface area contributed by atoms with E-state index in [-0.39, 0.29) is 17.8 Å². The fourth-order valence-corrected chi connectivity index (χ4v) is 3.43. The van der Waals surface area contributed by atoms with Crippen molar-refractivity contribution in [3.8, 4) is 11.5 Å². The second-order valence-electron chi connectivity index (χ2n) is 8.56. The summed E-state index contributed by atoms with van der Waals surface area (Å²) in [6, 6.07) is 5.08. The Labute approximate surface area is 188 Å². The highest BCUT2D eigenvalue weighted by Gasteiger charge is 2.24. The van der Waals surface area contributed by atoms with E-state index in [1.807, 2.05) is 6.92 Å². The van der Waals surface area contributed by atoms with Crippen molar-refractivity contribution in [3.63, 3.8) is 0 Å². The molecule has 0 amide bonds. The lowest BCUT2D eigenvalue weighted by atomic mass is 10.0. The van der Waals surface area contributed by atoms with Gasteiger partial charge in [0, 0.05) is 18.2 Å². The summed E-state index contributed by atoms with van der Waals surface area (Å²) in [6.07, 6.45) is 3.71. The summed E-state index contributed by atoms with van der Waals surface area (Å²) in [4.78, 5) is 13.9. The quantitative estimate of drug-likeness (QED) is 0.371. The van der Waals surface area contributed by atoms with E-state index in [9.17, 15) is 10.2 Å². The van der Waals surface area contributed by atoms with Crippen LogP contribution in [0.4, 0.5) is 11.8 Å². The molecule has 174 valence electrons. The molecule has 9 nitrogen and oxygen atoms in total. The van der Waals surface area contributed by atoms with Crippen LogP contribution in [0.5, 0.6) is 11.5 Å². The number of aromatic nitrogens is 4. The Morgan fingerprint density at radius 3 is 2.53 bits per heavy atom. The molecule has 1 unspecified atom stereocenters. The van der Waals surface area contributed by atoms with Crippen molar-refractivity contribution >= 4 is 22.9 Å². The van der Waals surface area contributed by atoms with Crippen LogP contribution in [-0.4, -0.2) is 48.5 Å². The number of aliphatic hydroxyl groups is 1. The Bertz CT molecular complexity index is 1060. The molecule has 0 aliphatic carbocycles. The number of nitrogens with one attached hydrogen (secondary N) is 2. The molecule has 32 heavy (non-hydrogen) atoms. The normalized spacial score (nSPS) is 12.9. The second kappa shape index (κ2) is 9.60. The summed E-state index contributed by atoms with van der Waals surface area (Å²) in [5, 5.41) is 27.1. The molecule has 0 bridgehead atoms. The lowest BCUT2D eigenvalue weighted by Crippen LogP contribution is -2.39. The predicted octanol–water partition coefficient (Wildman–Crippen LogP) is 4.09. The third-order valence-electron chi connectivity index (χ3n) is 5.90. The minimum absolute atomic E-state index is 0.167. The van der Waals surface area contributed by atoms with Crippen molar-refractivity contribution < 1.29 is 14.9 Å². The number of methoxy groups -OCH3 is 1. The molecule has 2 aromatic heterocycles. The number of imidazole rings is 1. The lowest BCUT2D eigenvalue weighted by molar-refractivity contribution is 0.0646. The first-order valence-electron chi connectivity index (χ1n) is 11.0. The molecule has 1 aromatic carbocycles. The monoisotopic (exact) mass is 442 g/mol. The minimum atomic E-state index is -0.950. The molecular weight excluding hydrogens is 408 g/mol. The van der Waals surface area contributed by atoms with Gasteiger partial charge in [-0.2, -0.15) is 9.97 Å². The van der Waals surface area contributed by atoms with E-state index in [1.165, 1.54) is 0 Å². The maximum absolute atomic E-state index is 10.4. The second-order valence-corrected chi connectivity index (χ2v) is 8.56. The molecule has 3 rings (SSSR count). The average molecular weight is 443 g/mol. The van der Waals surface area contributed by atoms with E-state index < -0.39 is 5.60 Å². The van der Waals surface area contributed by atoms with Crippen LogP contribution in [-0.2, 0) is 6.54 Å². The van der Waals surface area contributed by atoms with Crippen LogP contribution in [0.2, 0.25) is 0 Å². The number of anilines is 2. The van der Waals surface area contributed by atoms with Crippen molar-refractivity contribution in [2.45, 2.75) is 71.7 Å². The van der Waals surface area contributed by atoms with Crippen LogP contribution in [0.1, 0.15) is 59.1 Å². The van der Waals surface area contributed by atoms with Crippen LogP contribution in [0.15, 0.2) is 24.5 Å². The summed E-state index contributed by atoms with van der Waals surface area (Å²) in [5.74, 6) is 1.77. The molecule has 0 spiro atoms. The minimum Gasteiger partial charge on any atom is -0.508 e. The van der Waals surface area contributed by atoms with Gasteiger partial charge in [0.25, 0.3) is 0 Å². The number of fused-ring (bicyclic) bond motifs is 1. The van der Waals surface area contributed by atoms with E-state index in [1.54, 1.807) is 45.5 Å². The van der Waals surface area contributed by atoms with Crippen LogP contribution in [0, 0.1) is 0 Å². The number of hydrogen-bond donors (Lipinski definition) is 4. The van der Waals surface area contributed by atoms with Crippen LogP contribution >= 0.6 is 0 Å². The zero-order valence-electron chi connectivity index (χ0n) is 19.7. The summed E-state index contributed by atoms with van der Waals surface area (Å²) >= 11 is 0. The Morgan fingerprint density at radius 2 is 1.91 bits per heavy atom. The van der Waals surface area contributed by atoms with E-state index in [2.05, 4.69) is 39.0 Å². The van der Waals surface area contributed by atoms with Gasteiger partial charge in [0.2, 0.25) is 5.95 Å². The third-order valence-corrected chi connectivity index (χ3v) is 5.90. The first kappa shape index (κ1) is 23.6. The first-order valence-corrected chi connectivity index (χ1v) is 11.0. The molecule has 3 aromatic rings. The van der Waals surface area contributed by atoms with Gasteiger partial charge in [-0.1, -0.05) is 13.8 Å². The van der Waals surface area contributed by atoms with Crippen LogP contribution in [0.25, 0.3) is 11.2 Å². The van der Waals surface area contributed by atoms with Gasteiger partial charge in [0.1, 0.15) is 11.5 Å². The SMILES string of the molecule is CCC(CC)n1cnc2c(NCc3cc(OC)ccc3O)nc(NC(C)C(C)(C)O)nc21. The number of ether oxygens (including phenoxy) is 1. The number of hydrogen-bond acceptors (Lipinski definition) is 8. The van der Waals surface area contributed by atoms with Gasteiger partial charge in [-0.05, 0) is 51.8 Å². The molecule has 0 aliphatic heterocycles. The fraction of sp³-hybridized carbons (Fsp3) is 0.522. The zero-order chi connectivity index (χ0) is 23.5. The molecular formula is C23H34N6O3. The first-order chi connectivity index (χ1) is 15.2. The number of phenolic OH excluding ortho intramolecular Hbond substituents is 1. The van der Waals surface area contributed by atoms with Crippen molar-refractivity contribution in [2.75, 3.05) is 17.7 Å². The number of benzene rings is 1. The molecule has 0 saturated heterocycles. The van der Waals surface area contributed by atoms with Crippen LogP contribution < -0.4 is 15.4 Å². The standard InChI is InChI=1S/C23H34N6O3/c1-7-16(8-2)29-13-25-19-20(24-12-15-11-17(32-6)9-10-18(15)30)27-22(28-21(19)29)26-14(3)23(4,5)31/h9-11,13-14,16,30-31H,7-8,12H2,1-6H3,(H2,24,26,27,28). The summed E-state index contributed by atoms with van der Waals surface area (Å²) in [6.45, 7) is 9.97. The molecule has 0 radical (unpaired) electrons. The molecule has 1 atom stereocenters. The number of rotatable bonds is 10. The lowest BCUT2D eigenvalue weighted by Gasteiger charge is -2.27. The molecule has 2 heterocycles. The smallest absolute Gasteiger partial charge is 0.227 e. The summed E-state index contributed by atoms with van der Waals surface area (Å²) in [5.41, 5.74) is 1.10. The van der Waals surface area contributed by atoms with Gasteiger partial charge in [0.15, 0.2) is 17.0 Å². The number of nitrogens with zero attached hydrogens (tertiary/aromatic N) is 4. The van der Waals surface area contributed by atoms with Gasteiger partial charge in [-0.15, -0.1) is 0 Å². The van der Waals surface area contributed by atoms with Gasteiger partial charge >= 0.3 is 0 Å². The Hall–Kier alpha value is -3.07. The van der Waals surface area contributed by atoms with E-state index in [0.29, 0.717) is 35.1 Å². The molecule has 9 heteroatoms. The Morgan fingerprint density at radius 1 is 1.19 bits per heavy atom. The van der Waals surface area contributed by atoms with Gasteiger partial charge in [-0.25, -0.2) is 4.98 Å². The predicted molar refractivity (Wildman–Crippen MR) is 126 cm³/mol. The maximum Gasteiger partial charge on any atom is 0.227 e. The van der Waals surface area contributed by atoms with Crippen molar-refractivity contribution in [1.82, 2.24) is 19.5 Å². The molecule has 4 N–H and O–H groups in total. The van der Waals surface area contributed by atoms with Crippen molar-refractivity contribution in [1.29, 1.82) is 0 Å². The number of aromatic hydroxyl groups is 1. The zero-order valence-corrected chi connectivity index (χ0v) is 19.7. The largest absolute Gasteiger partial charge is 0.508 e. The van der Waals surface area contributed by atoms with Crippen molar-refractivity contribution in [3.05, 3.63) is 30.1 Å². The van der Waals surface area contributed by atoms with Gasteiger partial charge < -0.3 is 30.2 Å². The van der Waals surface area contributed by atoms with Crippen molar-refractivity contribution in [2.24, 2.45) is 0 Å². The van der Waals surface area contributed by atoms with E-state index in [0.717, 1.165) is 18.5 Å². The van der Waals surface area contributed by atoms with E-state index in [4.69, 9.17) is 9.72 Å². The highest BCUT2D eigenvalue weighted by Crippen LogP contribution is 2.29. The third kappa shape index (κ3) is 5.04. The molecule has 0 aliphatic rings. The fourth-order valence-electron chi connectivity index (χ4n) is 3.43. The van der Waals surface area contributed by atoms with Crippen LogP contribution in [0.3, 0.4) is 0 Å². The van der Waals surface area contributed by atoms with Gasteiger partial charge in [-0.3, -0.25) is 0 Å². The Balaban J connectivity index is 2.01. The maximum atomic E-state index is 10.4. The highest BCUT2D eigenvalue weighted by atomic mass is 16.5. The van der Waals surface area contributed by atoms with Gasteiger partial charge in [0.05, 0.1) is 25.1 Å². The summed E-state index contributed by atoms with van der Waals surface area (Å²) in [7, 11) is 1.59. The number of phenols is 1. The average Bonchev–Trinajstić information content (AvgIpc) is 3.17.